The van der Waals surface area contributed by atoms with Gasteiger partial charge in [-0.3, -0.25) is 0 Å². The fourth-order valence-corrected chi connectivity index (χ4v) is 14.5. The van der Waals surface area contributed by atoms with E-state index in [1.165, 1.54) is 0 Å². The summed E-state index contributed by atoms with van der Waals surface area (Å²) in [5.41, 5.74) is 16.8. The van der Waals surface area contributed by atoms with Crippen LogP contribution in [0.5, 0.6) is 0 Å². The van der Waals surface area contributed by atoms with Crippen LogP contribution in [0.15, 0.2) is 279 Å². The molecule has 0 aliphatic carbocycles. The van der Waals surface area contributed by atoms with Crippen molar-refractivity contribution in [1.82, 2.24) is 0 Å². The van der Waals surface area contributed by atoms with Crippen molar-refractivity contribution in [1.29, 1.82) is 0 Å². The lowest BCUT2D eigenvalue weighted by molar-refractivity contribution is 0.0513. The van der Waals surface area contributed by atoms with Gasteiger partial charge in [-0.15, -0.1) is 0 Å². The molecule has 13 aromatic rings. The molecule has 0 N–H and O–H groups in total. The monoisotopic (exact) mass is 1540 g/mol. The number of halogens is 3. The summed E-state index contributed by atoms with van der Waals surface area (Å²) in [4.78, 5) is 86.5. The Morgan fingerprint density at radius 3 is 0.750 bits per heavy atom. The number of anilines is 3. The van der Waals surface area contributed by atoms with Crippen LogP contribution in [0.25, 0.3) is 111 Å². The number of ether oxygens (including phenoxy) is 6. The van der Waals surface area contributed by atoms with E-state index < -0.39 is 35.8 Å². The number of benzene rings is 13. The van der Waals surface area contributed by atoms with E-state index in [4.69, 9.17) is 63.2 Å². The first-order valence-corrected chi connectivity index (χ1v) is 38.0. The SMILES string of the molecule is CCOC(=O)c1cc(-c2cccc(Cl)c2)c(C(=O)OCC)cc1-c1ccc(-c2ccc(-c3cc(C(=O)OCC)c(-c4ccc(-c5ccc(-c6cc(C(=O)OCC)c(-c7ccc(N(c8ccc(-c9ccccc9)cc8)c8ccc(-c9ccccc9)cc8)cc7)cc6C(=O)OCC)c(Cl)c5)cc4)cc3C(=O)OCC)c(Cl)c2)cc1. The molecule has 0 bridgehead atoms. The topological polar surface area (TPSA) is 161 Å². The van der Waals surface area contributed by atoms with Crippen molar-refractivity contribution < 1.29 is 57.2 Å². The third-order valence-electron chi connectivity index (χ3n) is 19.1. The molecule has 0 aliphatic heterocycles. The number of carbonyl (C=O) groups is 6. The first-order chi connectivity index (χ1) is 54.5. The van der Waals surface area contributed by atoms with Gasteiger partial charge in [-0.1, -0.05) is 217 Å². The van der Waals surface area contributed by atoms with Crippen LogP contribution in [-0.4, -0.2) is 75.5 Å². The second kappa shape index (κ2) is 35.4. The molecule has 13 aromatic carbocycles. The summed E-state index contributed by atoms with van der Waals surface area (Å²) in [6, 6.07) is 87.4. The number of carbonyl (C=O) groups excluding carboxylic acids is 6. The summed E-state index contributed by atoms with van der Waals surface area (Å²) < 4.78 is 33.8. The lowest BCUT2D eigenvalue weighted by Crippen LogP contribution is -2.12. The molecule has 0 atom stereocenters. The number of esters is 6. The molecule has 13 nitrogen and oxygen atoms in total. The number of rotatable bonds is 25. The van der Waals surface area contributed by atoms with Gasteiger partial charge >= 0.3 is 35.8 Å². The van der Waals surface area contributed by atoms with Gasteiger partial charge in [0.15, 0.2) is 0 Å². The van der Waals surface area contributed by atoms with Gasteiger partial charge in [0.25, 0.3) is 0 Å². The maximum absolute atomic E-state index is 14.3. The van der Waals surface area contributed by atoms with E-state index in [-0.39, 0.29) is 83.1 Å². The fraction of sp³-hybridized carbons (Fsp3) is 0.125. The molecular formula is C96H76Cl3NO12. The molecule has 0 radical (unpaired) electrons. The molecule has 0 saturated carbocycles. The standard InChI is InChI=1S/C96H76Cl3NO12/c1-7-107-91(101)83-56-80(70-24-19-25-71(97)50-70)84(92(102)108-8-2)53-77(83)65-30-26-63(27-31-65)68-40-48-75(89(98)51-68)81-57-85(93(103)109-9-3)78(54-87(81)95(105)111-11-5)66-32-28-64(29-33-66)69-41-49-76(90(99)52-69)82-58-86(94(104)110-10-4)79(55-88(82)96(106)112-12-6)67-38-46-74(47-39-67)100(72-42-34-61(35-43-72)59-20-15-13-16-21-59)73-44-36-62(37-45-73)60-22-17-14-18-23-60/h13-58H,7-12H2,1-6H3. The Kier molecular flexibility index (Phi) is 24.5. The van der Waals surface area contributed by atoms with E-state index in [2.05, 4.69) is 77.7 Å². The number of nitrogens with zero attached hydrogens (tertiary/aromatic N) is 1. The van der Waals surface area contributed by atoms with E-state index in [1.54, 1.807) is 126 Å². The van der Waals surface area contributed by atoms with E-state index in [9.17, 15) is 28.8 Å². The molecule has 0 aromatic heterocycles. The Labute approximate surface area is 665 Å². The number of hydrogen-bond acceptors (Lipinski definition) is 13. The van der Waals surface area contributed by atoms with Gasteiger partial charge in [0, 0.05) is 43.3 Å². The van der Waals surface area contributed by atoms with Gasteiger partial charge in [-0.2, -0.15) is 0 Å². The summed E-state index contributed by atoms with van der Waals surface area (Å²) in [7, 11) is 0. The predicted octanol–water partition coefficient (Wildman–Crippen LogP) is 24.8. The van der Waals surface area contributed by atoms with Crippen LogP contribution in [0, 0.1) is 0 Å². The quantitative estimate of drug-likeness (QED) is 0.0393. The molecule has 0 spiro atoms. The van der Waals surface area contributed by atoms with Crippen LogP contribution in [0.2, 0.25) is 15.1 Å². The Balaban J connectivity index is 0.807. The summed E-state index contributed by atoms with van der Waals surface area (Å²) in [5.74, 6) is -3.67. The highest BCUT2D eigenvalue weighted by molar-refractivity contribution is 6.34. The first kappa shape index (κ1) is 77.5. The molecule has 0 saturated heterocycles. The molecule has 0 amide bonds. The minimum Gasteiger partial charge on any atom is -0.462 e. The van der Waals surface area contributed by atoms with E-state index >= 15 is 0 Å². The maximum Gasteiger partial charge on any atom is 0.338 e. The molecule has 558 valence electrons. The third-order valence-corrected chi connectivity index (χ3v) is 19.9. The summed E-state index contributed by atoms with van der Waals surface area (Å²) in [5, 5.41) is 0.969. The van der Waals surface area contributed by atoms with Crippen molar-refractivity contribution >= 4 is 87.7 Å². The molecule has 13 rings (SSSR count). The van der Waals surface area contributed by atoms with Crippen LogP contribution in [0.4, 0.5) is 17.1 Å². The highest BCUT2D eigenvalue weighted by atomic mass is 35.5. The van der Waals surface area contributed by atoms with Gasteiger partial charge in [0.1, 0.15) is 0 Å². The highest BCUT2D eigenvalue weighted by Crippen LogP contribution is 2.45. The van der Waals surface area contributed by atoms with Gasteiger partial charge in [-0.05, 0) is 239 Å². The molecule has 0 unspecified atom stereocenters. The van der Waals surface area contributed by atoms with Crippen molar-refractivity contribution in [2.24, 2.45) is 0 Å². The van der Waals surface area contributed by atoms with Crippen molar-refractivity contribution in [2.75, 3.05) is 44.5 Å². The molecule has 0 fully saturated rings. The number of hydrogen-bond donors (Lipinski definition) is 0. The second-order valence-electron chi connectivity index (χ2n) is 25.9. The Hall–Kier alpha value is -12.7. The van der Waals surface area contributed by atoms with Crippen molar-refractivity contribution in [3.05, 3.63) is 328 Å². The third kappa shape index (κ3) is 16.9. The van der Waals surface area contributed by atoms with E-state index in [0.29, 0.717) is 82.9 Å². The van der Waals surface area contributed by atoms with Gasteiger partial charge < -0.3 is 33.3 Å². The zero-order valence-corrected chi connectivity index (χ0v) is 64.5. The molecule has 0 heterocycles. The largest absolute Gasteiger partial charge is 0.462 e. The maximum atomic E-state index is 14.3. The fourth-order valence-electron chi connectivity index (χ4n) is 13.7. The van der Waals surface area contributed by atoms with Crippen molar-refractivity contribution in [2.45, 2.75) is 41.5 Å². The Bertz CT molecular complexity index is 5590. The minimum atomic E-state index is -0.652. The lowest BCUT2D eigenvalue weighted by atomic mass is 9.88. The molecule has 16 heteroatoms. The average molecular weight is 1540 g/mol. The van der Waals surface area contributed by atoms with E-state index in [0.717, 1.165) is 50.4 Å². The van der Waals surface area contributed by atoms with Crippen molar-refractivity contribution in [3.8, 4) is 111 Å². The Morgan fingerprint density at radius 1 is 0.223 bits per heavy atom. The lowest BCUT2D eigenvalue weighted by Gasteiger charge is -2.26. The van der Waals surface area contributed by atoms with Crippen LogP contribution in [0.3, 0.4) is 0 Å². The van der Waals surface area contributed by atoms with Crippen molar-refractivity contribution in [3.63, 3.8) is 0 Å². The van der Waals surface area contributed by atoms with Crippen LogP contribution in [0.1, 0.15) is 104 Å². The molecule has 0 aliphatic rings. The zero-order valence-electron chi connectivity index (χ0n) is 62.3. The van der Waals surface area contributed by atoms with Crippen LogP contribution < -0.4 is 4.90 Å². The summed E-state index contributed by atoms with van der Waals surface area (Å²) in [6.45, 7) is 10.8. The smallest absolute Gasteiger partial charge is 0.338 e. The van der Waals surface area contributed by atoms with Crippen LogP contribution >= 0.6 is 34.8 Å². The normalized spacial score (nSPS) is 11.0. The van der Waals surface area contributed by atoms with Crippen LogP contribution in [-0.2, 0) is 28.4 Å². The predicted molar refractivity (Wildman–Crippen MR) is 446 cm³/mol. The minimum absolute atomic E-state index is 0.0550. The zero-order chi connectivity index (χ0) is 78.5. The Morgan fingerprint density at radius 2 is 0.455 bits per heavy atom. The average Bonchev–Trinajstić information content (AvgIpc) is 0.777. The van der Waals surface area contributed by atoms with Gasteiger partial charge in [0.2, 0.25) is 0 Å². The molecule has 112 heavy (non-hydrogen) atoms. The van der Waals surface area contributed by atoms with Gasteiger partial charge in [-0.25, -0.2) is 28.8 Å². The van der Waals surface area contributed by atoms with Gasteiger partial charge in [0.05, 0.1) is 73.0 Å². The first-order valence-electron chi connectivity index (χ1n) is 36.9. The van der Waals surface area contributed by atoms with E-state index in [1.807, 2.05) is 121 Å². The molecular weight excluding hydrogens is 1470 g/mol. The second-order valence-corrected chi connectivity index (χ2v) is 27.2. The summed E-state index contributed by atoms with van der Waals surface area (Å²) >= 11 is 21.0. The highest BCUT2D eigenvalue weighted by Gasteiger charge is 2.29. The summed E-state index contributed by atoms with van der Waals surface area (Å²) in [6.07, 6.45) is 0.